The first-order valence-electron chi connectivity index (χ1n) is 14.1. The van der Waals surface area contributed by atoms with Gasteiger partial charge in [-0.05, 0) is 36.4 Å². The van der Waals surface area contributed by atoms with E-state index in [4.69, 9.17) is 19.6 Å². The number of hydrogen-bond acceptors (Lipinski definition) is 11. The molecular weight excluding hydrogens is 524 g/mol. The molecule has 2 N–H and O–H groups in total. The Kier molecular flexibility index (Phi) is 7.13. The number of furan rings is 1. The molecule has 0 atom stereocenters. The number of rotatable bonds is 9. The highest BCUT2D eigenvalue weighted by Crippen LogP contribution is 2.24. The van der Waals surface area contributed by atoms with Gasteiger partial charge >= 0.3 is 0 Å². The monoisotopic (exact) mass is 558 g/mol. The van der Waals surface area contributed by atoms with Crippen LogP contribution in [-0.2, 0) is 11.3 Å². The zero-order valence-electron chi connectivity index (χ0n) is 22.9. The average Bonchev–Trinajstić information content (AvgIpc) is 3.78. The second-order valence-corrected chi connectivity index (χ2v) is 10.4. The fraction of sp³-hybridized carbons (Fsp3) is 0.429. The van der Waals surface area contributed by atoms with Crippen LogP contribution in [0.4, 0.5) is 11.6 Å². The number of fused-ring (bicyclic) bond motifs is 3. The molecule has 0 saturated carbocycles. The van der Waals surface area contributed by atoms with E-state index in [0.29, 0.717) is 35.0 Å². The van der Waals surface area contributed by atoms with E-state index in [1.54, 1.807) is 18.7 Å². The Hall–Kier alpha value is -4.20. The van der Waals surface area contributed by atoms with Gasteiger partial charge < -0.3 is 29.1 Å². The summed E-state index contributed by atoms with van der Waals surface area (Å²) in [5.74, 6) is 2.21. The summed E-state index contributed by atoms with van der Waals surface area (Å²) >= 11 is 0. The van der Waals surface area contributed by atoms with Crippen molar-refractivity contribution in [1.82, 2.24) is 38.9 Å². The van der Waals surface area contributed by atoms with E-state index in [0.717, 1.165) is 77.9 Å². The van der Waals surface area contributed by atoms with Gasteiger partial charge in [0.05, 0.1) is 25.8 Å². The van der Waals surface area contributed by atoms with Crippen molar-refractivity contribution in [2.24, 2.45) is 0 Å². The maximum Gasteiger partial charge on any atom is 0.225 e. The van der Waals surface area contributed by atoms with Crippen LogP contribution in [0.15, 0.2) is 53.4 Å². The highest BCUT2D eigenvalue weighted by atomic mass is 16.5. The lowest BCUT2D eigenvalue weighted by molar-refractivity contribution is 0.0322. The van der Waals surface area contributed by atoms with E-state index in [1.807, 2.05) is 10.6 Å². The zero-order valence-corrected chi connectivity index (χ0v) is 22.9. The van der Waals surface area contributed by atoms with Crippen molar-refractivity contribution in [2.75, 3.05) is 82.8 Å². The summed E-state index contributed by atoms with van der Waals surface area (Å²) in [7, 11) is 0. The third-order valence-corrected chi connectivity index (χ3v) is 7.82. The summed E-state index contributed by atoms with van der Waals surface area (Å²) in [5.41, 5.74) is 9.42. The van der Waals surface area contributed by atoms with E-state index >= 15 is 0 Å². The number of anilines is 2. The van der Waals surface area contributed by atoms with E-state index < -0.39 is 0 Å². The van der Waals surface area contributed by atoms with E-state index in [1.165, 1.54) is 10.2 Å². The number of benzene rings is 1. The van der Waals surface area contributed by atoms with Gasteiger partial charge in [-0.25, -0.2) is 9.97 Å². The van der Waals surface area contributed by atoms with Crippen molar-refractivity contribution < 1.29 is 13.9 Å². The number of morpholine rings is 1. The lowest BCUT2D eigenvalue weighted by Gasteiger charge is -2.36. The fourth-order valence-corrected chi connectivity index (χ4v) is 5.45. The van der Waals surface area contributed by atoms with Crippen LogP contribution < -0.4 is 15.4 Å². The smallest absolute Gasteiger partial charge is 0.225 e. The Morgan fingerprint density at radius 2 is 1.66 bits per heavy atom. The fourth-order valence-electron chi connectivity index (χ4n) is 5.45. The predicted molar refractivity (Wildman–Crippen MR) is 154 cm³/mol. The molecule has 0 radical (unpaired) electrons. The molecule has 5 aromatic rings. The Labute approximate surface area is 237 Å². The van der Waals surface area contributed by atoms with Gasteiger partial charge in [0.2, 0.25) is 11.8 Å². The summed E-state index contributed by atoms with van der Waals surface area (Å²) < 4.78 is 20.4. The number of ether oxygens (including phenoxy) is 2. The number of piperazine rings is 1. The molecule has 7 rings (SSSR count). The molecule has 6 heterocycles. The highest BCUT2D eigenvalue weighted by molar-refractivity contribution is 5.87. The van der Waals surface area contributed by atoms with Crippen LogP contribution in [0.1, 0.15) is 0 Å². The van der Waals surface area contributed by atoms with Gasteiger partial charge in [0, 0.05) is 64.6 Å². The normalized spacial score (nSPS) is 17.1. The summed E-state index contributed by atoms with van der Waals surface area (Å²) in [6, 6.07) is 12.1. The molecule has 41 heavy (non-hydrogen) atoms. The van der Waals surface area contributed by atoms with Gasteiger partial charge in [-0.3, -0.25) is 9.80 Å². The van der Waals surface area contributed by atoms with Gasteiger partial charge in [0.15, 0.2) is 22.6 Å². The molecule has 2 fully saturated rings. The molecule has 2 aliphatic heterocycles. The topological polar surface area (TPSA) is 128 Å². The van der Waals surface area contributed by atoms with Crippen molar-refractivity contribution in [2.45, 2.75) is 6.54 Å². The second kappa shape index (κ2) is 11.4. The molecule has 2 saturated heterocycles. The van der Waals surface area contributed by atoms with Crippen molar-refractivity contribution in [3.63, 3.8) is 0 Å². The first-order chi connectivity index (χ1) is 20.2. The molecule has 4 aromatic heterocycles. The van der Waals surface area contributed by atoms with Gasteiger partial charge in [-0.2, -0.15) is 9.50 Å². The van der Waals surface area contributed by atoms with Crippen LogP contribution in [0.2, 0.25) is 0 Å². The Balaban J connectivity index is 0.924. The number of aromatic nitrogens is 6. The Bertz CT molecular complexity index is 1580. The SMILES string of the molecule is Nc1nc2c(ncn2CCN2CCN(c3ccc(OCCN4CCOCC4)cc3)CC2)c2nc(-c3ccco3)nn12. The maximum absolute atomic E-state index is 6.24. The molecule has 0 spiro atoms. The molecule has 0 unspecified atom stereocenters. The van der Waals surface area contributed by atoms with Crippen LogP contribution in [0.3, 0.4) is 0 Å². The number of nitrogens with two attached hydrogens (primary N) is 1. The van der Waals surface area contributed by atoms with Crippen molar-refractivity contribution in [3.8, 4) is 17.3 Å². The van der Waals surface area contributed by atoms with Crippen LogP contribution in [0.5, 0.6) is 5.75 Å². The molecule has 1 aromatic carbocycles. The summed E-state index contributed by atoms with van der Waals surface area (Å²) in [4.78, 5) is 21.1. The van der Waals surface area contributed by atoms with Crippen LogP contribution in [-0.4, -0.2) is 111 Å². The average molecular weight is 559 g/mol. The third-order valence-electron chi connectivity index (χ3n) is 7.82. The van der Waals surface area contributed by atoms with Gasteiger partial charge in [0.1, 0.15) is 12.4 Å². The van der Waals surface area contributed by atoms with E-state index in [-0.39, 0.29) is 5.95 Å². The van der Waals surface area contributed by atoms with Crippen LogP contribution in [0, 0.1) is 0 Å². The minimum absolute atomic E-state index is 0.265. The minimum Gasteiger partial charge on any atom is -0.492 e. The van der Waals surface area contributed by atoms with Crippen LogP contribution >= 0.6 is 0 Å². The van der Waals surface area contributed by atoms with Crippen molar-refractivity contribution >= 4 is 28.4 Å². The van der Waals surface area contributed by atoms with E-state index in [2.05, 4.69) is 59.0 Å². The van der Waals surface area contributed by atoms with Crippen molar-refractivity contribution in [1.29, 1.82) is 0 Å². The Morgan fingerprint density at radius 1 is 0.854 bits per heavy atom. The predicted octanol–water partition coefficient (Wildman–Crippen LogP) is 1.85. The largest absolute Gasteiger partial charge is 0.492 e. The second-order valence-electron chi connectivity index (χ2n) is 10.4. The molecule has 0 bridgehead atoms. The quantitative estimate of drug-likeness (QED) is 0.285. The van der Waals surface area contributed by atoms with Gasteiger partial charge in [-0.15, -0.1) is 5.10 Å². The van der Waals surface area contributed by atoms with E-state index in [9.17, 15) is 0 Å². The van der Waals surface area contributed by atoms with Crippen molar-refractivity contribution in [3.05, 3.63) is 49.0 Å². The lowest BCUT2D eigenvalue weighted by Crippen LogP contribution is -2.47. The third kappa shape index (κ3) is 5.43. The lowest BCUT2D eigenvalue weighted by atomic mass is 10.2. The zero-order chi connectivity index (χ0) is 27.6. The first kappa shape index (κ1) is 25.7. The first-order valence-corrected chi connectivity index (χ1v) is 14.1. The Morgan fingerprint density at radius 3 is 2.44 bits per heavy atom. The van der Waals surface area contributed by atoms with Gasteiger partial charge in [-0.1, -0.05) is 0 Å². The number of imidazole rings is 1. The highest BCUT2D eigenvalue weighted by Gasteiger charge is 2.20. The number of nitrogens with zero attached hydrogens (tertiary/aromatic N) is 9. The molecule has 0 amide bonds. The molecule has 2 aliphatic rings. The molecule has 13 nitrogen and oxygen atoms in total. The maximum atomic E-state index is 6.24. The summed E-state index contributed by atoms with van der Waals surface area (Å²) in [5, 5.41) is 4.45. The molecule has 13 heteroatoms. The summed E-state index contributed by atoms with van der Waals surface area (Å²) in [6.45, 7) is 10.8. The minimum atomic E-state index is 0.265. The standard InChI is InChI=1S/C28H34N10O3/c29-28-32-26-24(27-31-25(33-38(27)28)23-2-1-16-41-23)30-20-37(26)12-9-34-7-10-36(11-8-34)21-3-5-22(6-4-21)40-19-15-35-13-17-39-18-14-35/h1-6,16,20H,7-15,17-19H2,(H2,29,32). The molecule has 0 aliphatic carbocycles. The molecule has 214 valence electrons. The van der Waals surface area contributed by atoms with Crippen LogP contribution in [0.25, 0.3) is 28.4 Å². The summed E-state index contributed by atoms with van der Waals surface area (Å²) in [6.07, 6.45) is 3.40. The number of hydrogen-bond donors (Lipinski definition) is 1. The molecular formula is C28H34N10O3. The number of nitrogen functional groups attached to an aromatic ring is 1. The van der Waals surface area contributed by atoms with Gasteiger partial charge in [0.25, 0.3) is 0 Å².